The molecule has 0 saturated carbocycles. The zero-order valence-electron chi connectivity index (χ0n) is 15.7. The quantitative estimate of drug-likeness (QED) is 0.654. The van der Waals surface area contributed by atoms with E-state index in [1.165, 1.54) is 0 Å². The highest BCUT2D eigenvalue weighted by molar-refractivity contribution is 6.30. The van der Waals surface area contributed by atoms with Crippen molar-refractivity contribution < 1.29 is 9.32 Å². The van der Waals surface area contributed by atoms with Crippen LogP contribution in [0.2, 0.25) is 5.02 Å². The highest BCUT2D eigenvalue weighted by Crippen LogP contribution is 2.19. The summed E-state index contributed by atoms with van der Waals surface area (Å²) in [5.74, 6) is 1.49. The van der Waals surface area contributed by atoms with Crippen molar-refractivity contribution in [3.8, 4) is 11.4 Å². The van der Waals surface area contributed by atoms with Gasteiger partial charge in [0.1, 0.15) is 0 Å². The molecule has 29 heavy (non-hydrogen) atoms. The van der Waals surface area contributed by atoms with E-state index in [-0.39, 0.29) is 5.91 Å². The van der Waals surface area contributed by atoms with Crippen LogP contribution < -0.4 is 5.32 Å². The maximum Gasteiger partial charge on any atom is 0.241 e. The normalized spacial score (nSPS) is 15.3. The summed E-state index contributed by atoms with van der Waals surface area (Å²) in [6.45, 7) is 4.11. The number of hydrogen-bond acceptors (Lipinski definition) is 8. The lowest BCUT2D eigenvalue weighted by atomic mass is 10.2. The third-order valence-corrected chi connectivity index (χ3v) is 4.85. The Hall–Kier alpha value is -2.88. The standard InChI is InChI=1S/C19H20ClN7O2/c20-15-5-3-14(4-6-15)19-23-18(29-25-19)13-27-10-8-26(9-11-27)12-17(28)22-16-2-1-7-21-24-16/h1-7H,8-13H2,(H,22,24,28). The molecule has 1 aliphatic rings. The van der Waals surface area contributed by atoms with Crippen LogP contribution in [0.3, 0.4) is 0 Å². The number of nitrogens with one attached hydrogen (secondary N) is 1. The average molecular weight is 414 g/mol. The maximum absolute atomic E-state index is 12.1. The van der Waals surface area contributed by atoms with Gasteiger partial charge < -0.3 is 9.84 Å². The van der Waals surface area contributed by atoms with E-state index in [9.17, 15) is 4.79 Å². The molecule has 0 radical (unpaired) electrons. The Morgan fingerprint density at radius 1 is 1.10 bits per heavy atom. The molecule has 4 rings (SSSR count). The molecule has 9 nitrogen and oxygen atoms in total. The van der Waals surface area contributed by atoms with Crippen LogP contribution >= 0.6 is 11.6 Å². The first-order valence-corrected chi connectivity index (χ1v) is 9.64. The summed E-state index contributed by atoms with van der Waals surface area (Å²) in [5, 5.41) is 15.1. The number of aromatic nitrogens is 4. The van der Waals surface area contributed by atoms with E-state index in [1.807, 2.05) is 12.1 Å². The predicted molar refractivity (Wildman–Crippen MR) is 107 cm³/mol. The molecule has 0 bridgehead atoms. The van der Waals surface area contributed by atoms with E-state index < -0.39 is 0 Å². The summed E-state index contributed by atoms with van der Waals surface area (Å²) in [5.41, 5.74) is 0.864. The van der Waals surface area contributed by atoms with E-state index >= 15 is 0 Å². The summed E-state index contributed by atoms with van der Waals surface area (Å²) in [6.07, 6.45) is 1.57. The molecule has 1 amide bonds. The van der Waals surface area contributed by atoms with Gasteiger partial charge in [-0.15, -0.1) is 5.10 Å². The third kappa shape index (κ3) is 5.35. The van der Waals surface area contributed by atoms with Gasteiger partial charge in [0, 0.05) is 43.0 Å². The lowest BCUT2D eigenvalue weighted by Crippen LogP contribution is -2.48. The molecule has 1 aliphatic heterocycles. The molecule has 1 saturated heterocycles. The second-order valence-electron chi connectivity index (χ2n) is 6.73. The highest BCUT2D eigenvalue weighted by atomic mass is 35.5. The lowest BCUT2D eigenvalue weighted by molar-refractivity contribution is -0.117. The fourth-order valence-electron chi connectivity index (χ4n) is 3.09. The maximum atomic E-state index is 12.1. The first kappa shape index (κ1) is 19.4. The van der Waals surface area contributed by atoms with Gasteiger partial charge in [-0.05, 0) is 36.4 Å². The van der Waals surface area contributed by atoms with Crippen LogP contribution in [0.1, 0.15) is 5.89 Å². The lowest BCUT2D eigenvalue weighted by Gasteiger charge is -2.33. The Morgan fingerprint density at radius 3 is 2.59 bits per heavy atom. The molecule has 3 aromatic rings. The van der Waals surface area contributed by atoms with Crippen LogP contribution in [-0.2, 0) is 11.3 Å². The molecular formula is C19H20ClN7O2. The number of benzene rings is 1. The number of rotatable bonds is 6. The first-order valence-electron chi connectivity index (χ1n) is 9.26. The molecule has 0 unspecified atom stereocenters. The van der Waals surface area contributed by atoms with Crippen molar-refractivity contribution in [2.24, 2.45) is 0 Å². The Labute approximate surface area is 172 Å². The monoisotopic (exact) mass is 413 g/mol. The molecule has 3 heterocycles. The molecule has 1 N–H and O–H groups in total. The van der Waals surface area contributed by atoms with E-state index in [0.717, 1.165) is 31.7 Å². The smallest absolute Gasteiger partial charge is 0.241 e. The fourth-order valence-corrected chi connectivity index (χ4v) is 3.21. The minimum atomic E-state index is -0.0940. The molecule has 1 fully saturated rings. The van der Waals surface area contributed by atoms with Crippen molar-refractivity contribution in [1.29, 1.82) is 0 Å². The summed E-state index contributed by atoms with van der Waals surface area (Å²) in [4.78, 5) is 20.9. The van der Waals surface area contributed by atoms with Gasteiger partial charge in [0.2, 0.25) is 17.6 Å². The van der Waals surface area contributed by atoms with Crippen molar-refractivity contribution in [2.75, 3.05) is 38.0 Å². The number of anilines is 1. The number of carbonyl (C=O) groups is 1. The van der Waals surface area contributed by atoms with Crippen LogP contribution in [-0.4, -0.2) is 68.8 Å². The topological polar surface area (TPSA) is 100 Å². The predicted octanol–water partition coefficient (Wildman–Crippen LogP) is 1.94. The molecule has 1 aromatic carbocycles. The van der Waals surface area contributed by atoms with Crippen molar-refractivity contribution in [3.05, 3.63) is 53.5 Å². The van der Waals surface area contributed by atoms with Crippen molar-refractivity contribution in [3.63, 3.8) is 0 Å². The van der Waals surface area contributed by atoms with Gasteiger partial charge in [-0.1, -0.05) is 16.8 Å². The second kappa shape index (κ2) is 9.08. The Bertz CT molecular complexity index is 941. The number of nitrogens with zero attached hydrogens (tertiary/aromatic N) is 6. The van der Waals surface area contributed by atoms with Crippen molar-refractivity contribution in [1.82, 2.24) is 30.1 Å². The van der Waals surface area contributed by atoms with Crippen molar-refractivity contribution >= 4 is 23.3 Å². The van der Waals surface area contributed by atoms with Gasteiger partial charge in [-0.25, -0.2) is 0 Å². The van der Waals surface area contributed by atoms with Crippen molar-refractivity contribution in [2.45, 2.75) is 6.54 Å². The number of amides is 1. The largest absolute Gasteiger partial charge is 0.338 e. The zero-order chi connectivity index (χ0) is 20.1. The zero-order valence-corrected chi connectivity index (χ0v) is 16.4. The van der Waals surface area contributed by atoms with Gasteiger partial charge >= 0.3 is 0 Å². The fraction of sp³-hybridized carbons (Fsp3) is 0.316. The summed E-state index contributed by atoms with van der Waals surface area (Å²) in [7, 11) is 0. The number of hydrogen-bond donors (Lipinski definition) is 1. The second-order valence-corrected chi connectivity index (χ2v) is 7.16. The summed E-state index contributed by atoms with van der Waals surface area (Å²) in [6, 6.07) is 10.8. The number of halogens is 1. The van der Waals surface area contributed by atoms with Gasteiger partial charge in [0.05, 0.1) is 13.1 Å². The molecule has 0 aliphatic carbocycles. The average Bonchev–Trinajstić information content (AvgIpc) is 3.19. The highest BCUT2D eigenvalue weighted by Gasteiger charge is 2.21. The van der Waals surface area contributed by atoms with Gasteiger partial charge in [-0.3, -0.25) is 14.6 Å². The Balaban J connectivity index is 1.24. The van der Waals surface area contributed by atoms with E-state index in [0.29, 0.717) is 35.6 Å². The SMILES string of the molecule is O=C(CN1CCN(Cc2nc(-c3ccc(Cl)cc3)no2)CC1)Nc1cccnn1. The van der Waals surface area contributed by atoms with Crippen LogP contribution in [0.4, 0.5) is 5.82 Å². The number of carbonyl (C=O) groups excluding carboxylic acids is 1. The summed E-state index contributed by atoms with van der Waals surface area (Å²) < 4.78 is 5.38. The molecule has 0 atom stereocenters. The molecular weight excluding hydrogens is 394 g/mol. The third-order valence-electron chi connectivity index (χ3n) is 4.60. The van der Waals surface area contributed by atoms with Crippen LogP contribution in [0.5, 0.6) is 0 Å². The Morgan fingerprint density at radius 2 is 1.86 bits per heavy atom. The molecule has 10 heteroatoms. The summed E-state index contributed by atoms with van der Waals surface area (Å²) >= 11 is 5.91. The van der Waals surface area contributed by atoms with E-state index in [1.54, 1.807) is 30.5 Å². The van der Waals surface area contributed by atoms with Crippen LogP contribution in [0.15, 0.2) is 47.1 Å². The molecule has 150 valence electrons. The molecule has 2 aromatic heterocycles. The molecule has 0 spiro atoms. The van der Waals surface area contributed by atoms with Crippen LogP contribution in [0, 0.1) is 0 Å². The Kier molecular flexibility index (Phi) is 6.09. The van der Waals surface area contributed by atoms with E-state index in [2.05, 4.69) is 35.5 Å². The van der Waals surface area contributed by atoms with Gasteiger partial charge in [0.15, 0.2) is 5.82 Å². The minimum absolute atomic E-state index is 0.0940. The van der Waals surface area contributed by atoms with E-state index in [4.69, 9.17) is 16.1 Å². The van der Waals surface area contributed by atoms with Gasteiger partial charge in [-0.2, -0.15) is 10.1 Å². The number of piperazine rings is 1. The first-order chi connectivity index (χ1) is 14.2. The van der Waals surface area contributed by atoms with Gasteiger partial charge in [0.25, 0.3) is 0 Å². The van der Waals surface area contributed by atoms with Crippen LogP contribution in [0.25, 0.3) is 11.4 Å². The minimum Gasteiger partial charge on any atom is -0.338 e.